The molecule has 1 aliphatic rings. The molecule has 3 N–H and O–H groups in total. The van der Waals surface area contributed by atoms with Crippen LogP contribution in [0.2, 0.25) is 0 Å². The van der Waals surface area contributed by atoms with E-state index < -0.39 is 17.2 Å². The summed E-state index contributed by atoms with van der Waals surface area (Å²) in [4.78, 5) is 10.9. The topological polar surface area (TPSA) is 74.7 Å². The summed E-state index contributed by atoms with van der Waals surface area (Å²) < 4.78 is 26.8. The fraction of sp³-hybridized carbons (Fsp3) is 0.364. The van der Waals surface area contributed by atoms with Crippen LogP contribution in [0.3, 0.4) is 0 Å². The minimum atomic E-state index is -1.19. The number of aliphatic hydroxyl groups is 1. The lowest BCUT2D eigenvalue weighted by atomic mass is 9.84. The molecule has 2 heterocycles. The molecule has 2 aromatic rings. The first-order valence-electron chi connectivity index (χ1n) is 9.54. The summed E-state index contributed by atoms with van der Waals surface area (Å²) in [6, 6.07) is 7.53. The second-order valence-electron chi connectivity index (χ2n) is 7.52. The van der Waals surface area contributed by atoms with E-state index in [1.807, 2.05) is 26.0 Å². The van der Waals surface area contributed by atoms with Crippen molar-refractivity contribution < 1.29 is 13.9 Å². The zero-order chi connectivity index (χ0) is 21.2. The molecule has 0 bridgehead atoms. The minimum Gasteiger partial charge on any atom is -0.402 e. The molecule has 0 aliphatic carbocycles. The van der Waals surface area contributed by atoms with Crippen molar-refractivity contribution in [2.75, 3.05) is 25.0 Å². The van der Waals surface area contributed by atoms with Gasteiger partial charge in [-0.1, -0.05) is 6.07 Å². The monoisotopic (exact) mass is 400 g/mol. The smallest absolute Gasteiger partial charge is 0.159 e. The molecule has 0 spiro atoms. The zero-order valence-electron chi connectivity index (χ0n) is 16.9. The van der Waals surface area contributed by atoms with Crippen molar-refractivity contribution >= 4 is 17.6 Å². The third-order valence-electron chi connectivity index (χ3n) is 5.29. The van der Waals surface area contributed by atoms with Crippen molar-refractivity contribution in [3.05, 3.63) is 64.5 Å². The molecule has 1 saturated heterocycles. The van der Waals surface area contributed by atoms with E-state index in [0.717, 1.165) is 34.8 Å². The van der Waals surface area contributed by atoms with Gasteiger partial charge < -0.3 is 15.7 Å². The van der Waals surface area contributed by atoms with Crippen molar-refractivity contribution in [3.8, 4) is 0 Å². The molecule has 1 aromatic carbocycles. The molecule has 29 heavy (non-hydrogen) atoms. The number of allylic oxidation sites excluding steroid dienone is 2. The number of nitrogens with two attached hydrogens (primary N) is 1. The average molecular weight is 400 g/mol. The maximum Gasteiger partial charge on any atom is 0.159 e. The van der Waals surface area contributed by atoms with E-state index in [1.165, 1.54) is 6.07 Å². The van der Waals surface area contributed by atoms with E-state index in [-0.39, 0.29) is 0 Å². The number of nitrogens with zero attached hydrogens (tertiary/aromatic N) is 3. The van der Waals surface area contributed by atoms with Gasteiger partial charge in [0.25, 0.3) is 0 Å². The number of hydrogen-bond donors (Lipinski definition) is 2. The number of aryl methyl sites for hydroxylation is 1. The van der Waals surface area contributed by atoms with Crippen LogP contribution in [0.4, 0.5) is 14.6 Å². The molecule has 0 radical (unpaired) electrons. The number of halogens is 2. The summed E-state index contributed by atoms with van der Waals surface area (Å²) >= 11 is 0. The van der Waals surface area contributed by atoms with Gasteiger partial charge in [0, 0.05) is 37.6 Å². The summed E-state index contributed by atoms with van der Waals surface area (Å²) in [5, 5.41) is 11.0. The number of rotatable bonds is 4. The highest BCUT2D eigenvalue weighted by Gasteiger charge is 2.35. The van der Waals surface area contributed by atoms with Gasteiger partial charge in [0.05, 0.1) is 11.3 Å². The molecule has 154 valence electrons. The van der Waals surface area contributed by atoms with Gasteiger partial charge in [-0.2, -0.15) is 0 Å². The number of anilines is 1. The molecule has 0 saturated carbocycles. The van der Waals surface area contributed by atoms with Crippen molar-refractivity contribution in [2.45, 2.75) is 32.3 Å². The first kappa shape index (κ1) is 20.9. The molecular weight excluding hydrogens is 374 g/mol. The van der Waals surface area contributed by atoms with Crippen LogP contribution in [-0.2, 0) is 5.60 Å². The summed E-state index contributed by atoms with van der Waals surface area (Å²) in [6.45, 7) is 4.87. The lowest BCUT2D eigenvalue weighted by Crippen LogP contribution is -2.43. The number of pyridine rings is 1. The van der Waals surface area contributed by atoms with Crippen molar-refractivity contribution in [2.24, 2.45) is 10.7 Å². The molecule has 1 fully saturated rings. The van der Waals surface area contributed by atoms with E-state index in [2.05, 4.69) is 9.89 Å². The van der Waals surface area contributed by atoms with E-state index in [1.54, 1.807) is 13.3 Å². The molecule has 1 aromatic heterocycles. The van der Waals surface area contributed by atoms with Gasteiger partial charge in [-0.15, -0.1) is 0 Å². The highest BCUT2D eigenvalue weighted by Crippen LogP contribution is 2.35. The number of aromatic nitrogens is 1. The third-order valence-corrected chi connectivity index (χ3v) is 5.29. The Balaban J connectivity index is 1.84. The van der Waals surface area contributed by atoms with Gasteiger partial charge >= 0.3 is 0 Å². The van der Waals surface area contributed by atoms with Gasteiger partial charge in [-0.3, -0.25) is 4.99 Å². The summed E-state index contributed by atoms with van der Waals surface area (Å²) in [6.07, 6.45) is 2.47. The van der Waals surface area contributed by atoms with E-state index in [9.17, 15) is 13.9 Å². The maximum atomic E-state index is 13.6. The lowest BCUT2D eigenvalue weighted by molar-refractivity contribution is 0.0113. The second kappa shape index (κ2) is 8.29. The zero-order valence-corrected chi connectivity index (χ0v) is 16.9. The minimum absolute atomic E-state index is 0.387. The predicted octanol–water partition coefficient (Wildman–Crippen LogP) is 3.55. The maximum absolute atomic E-state index is 13.6. The van der Waals surface area contributed by atoms with Gasteiger partial charge in [0.15, 0.2) is 11.6 Å². The standard InChI is InChI=1S/C22H26F2N4O/c1-14-10-20(17(13-26-3)15(2)25)27-21(11-14)28-8-6-22(29,7-9-28)16-4-5-18(23)19(24)12-16/h4-5,10-13,29H,6-9,25H2,1-3H3/b17-15+,26-13?. The highest BCUT2D eigenvalue weighted by molar-refractivity contribution is 6.10. The van der Waals surface area contributed by atoms with Gasteiger partial charge in [-0.25, -0.2) is 13.8 Å². The SMILES string of the molecule is CN=C/C(=C(/C)N)c1cc(C)cc(N2CCC(O)(c3ccc(F)c(F)c3)CC2)n1. The summed E-state index contributed by atoms with van der Waals surface area (Å²) in [7, 11) is 1.68. The number of aliphatic imine (C=N–C) groups is 1. The third kappa shape index (κ3) is 4.45. The van der Waals surface area contributed by atoms with Gasteiger partial charge in [-0.05, 0) is 62.1 Å². The van der Waals surface area contributed by atoms with E-state index in [0.29, 0.717) is 37.2 Å². The summed E-state index contributed by atoms with van der Waals surface area (Å²) in [5.41, 5.74) is 8.39. The Hall–Kier alpha value is -2.80. The van der Waals surface area contributed by atoms with Crippen LogP contribution in [0.25, 0.3) is 5.57 Å². The van der Waals surface area contributed by atoms with Crippen LogP contribution in [-0.4, -0.2) is 36.4 Å². The van der Waals surface area contributed by atoms with E-state index >= 15 is 0 Å². The van der Waals surface area contributed by atoms with E-state index in [4.69, 9.17) is 10.7 Å². The quantitative estimate of drug-likeness (QED) is 0.770. The van der Waals surface area contributed by atoms with Crippen LogP contribution in [0.15, 0.2) is 41.0 Å². The normalized spacial score (nSPS) is 17.5. The molecule has 5 nitrogen and oxygen atoms in total. The lowest BCUT2D eigenvalue weighted by Gasteiger charge is -2.39. The number of benzene rings is 1. The molecule has 7 heteroatoms. The van der Waals surface area contributed by atoms with Crippen LogP contribution >= 0.6 is 0 Å². The Kier molecular flexibility index (Phi) is 5.98. The molecule has 3 rings (SSSR count). The van der Waals surface area contributed by atoms with Gasteiger partial charge in [0.1, 0.15) is 5.82 Å². The molecule has 0 atom stereocenters. The second-order valence-corrected chi connectivity index (χ2v) is 7.52. The Labute approximate surface area is 169 Å². The van der Waals surface area contributed by atoms with Gasteiger partial charge in [0.2, 0.25) is 0 Å². The molecule has 0 amide bonds. The largest absolute Gasteiger partial charge is 0.402 e. The van der Waals surface area contributed by atoms with Crippen LogP contribution in [0, 0.1) is 18.6 Å². The average Bonchev–Trinajstić information content (AvgIpc) is 2.68. The van der Waals surface area contributed by atoms with Crippen molar-refractivity contribution in [1.29, 1.82) is 0 Å². The van der Waals surface area contributed by atoms with Crippen LogP contribution < -0.4 is 10.6 Å². The molecule has 0 unspecified atom stereocenters. The Morgan fingerprint density at radius 1 is 1.21 bits per heavy atom. The van der Waals surface area contributed by atoms with Crippen molar-refractivity contribution in [3.63, 3.8) is 0 Å². The highest BCUT2D eigenvalue weighted by atomic mass is 19.2. The first-order chi connectivity index (χ1) is 13.7. The van der Waals surface area contributed by atoms with Crippen LogP contribution in [0.1, 0.15) is 36.6 Å². The Morgan fingerprint density at radius 2 is 1.90 bits per heavy atom. The number of hydrogen-bond acceptors (Lipinski definition) is 5. The molecule has 1 aliphatic heterocycles. The van der Waals surface area contributed by atoms with Crippen molar-refractivity contribution in [1.82, 2.24) is 4.98 Å². The summed E-state index contributed by atoms with van der Waals surface area (Å²) in [5.74, 6) is -1.08. The predicted molar refractivity (Wildman–Crippen MR) is 112 cm³/mol. The molecular formula is C22H26F2N4O. The fourth-order valence-electron chi connectivity index (χ4n) is 3.63. The Morgan fingerprint density at radius 3 is 2.48 bits per heavy atom. The van der Waals surface area contributed by atoms with Crippen LogP contribution in [0.5, 0.6) is 0 Å². The first-order valence-corrected chi connectivity index (χ1v) is 9.54. The fourth-order valence-corrected chi connectivity index (χ4v) is 3.63. The number of piperidine rings is 1. The Bertz CT molecular complexity index is 959.